The summed E-state index contributed by atoms with van der Waals surface area (Å²) in [5.74, 6) is -1.05. The van der Waals surface area contributed by atoms with E-state index in [-0.39, 0.29) is 12.5 Å². The first kappa shape index (κ1) is 24.8. The minimum absolute atomic E-state index is 0.0999. The summed E-state index contributed by atoms with van der Waals surface area (Å²) in [6.45, 7) is 0.570. The zero-order chi connectivity index (χ0) is 24.6. The molecule has 1 saturated carbocycles. The maximum atomic E-state index is 12.6. The molecule has 0 aliphatic heterocycles. The fraction of sp³-hybridized carbons (Fsp3) is 0.464. The third-order valence-corrected chi connectivity index (χ3v) is 7.14. The van der Waals surface area contributed by atoms with Gasteiger partial charge in [0, 0.05) is 12.5 Å². The molecular formula is C28H34N2O5. The molecule has 2 aromatic rings. The average molecular weight is 479 g/mol. The lowest BCUT2D eigenvalue weighted by Crippen LogP contribution is -2.48. The van der Waals surface area contributed by atoms with Crippen LogP contribution in [0.25, 0.3) is 11.1 Å². The van der Waals surface area contributed by atoms with Crippen molar-refractivity contribution in [1.29, 1.82) is 0 Å². The van der Waals surface area contributed by atoms with Gasteiger partial charge in [-0.1, -0.05) is 80.6 Å². The minimum atomic E-state index is -1.18. The van der Waals surface area contributed by atoms with Crippen molar-refractivity contribution in [3.63, 3.8) is 0 Å². The molecule has 2 aliphatic rings. The second-order valence-electron chi connectivity index (χ2n) is 9.56. The van der Waals surface area contributed by atoms with Crippen molar-refractivity contribution < 1.29 is 24.2 Å². The lowest BCUT2D eigenvalue weighted by Gasteiger charge is -2.22. The number of carboxylic acids is 1. The van der Waals surface area contributed by atoms with Crippen molar-refractivity contribution >= 4 is 18.0 Å². The van der Waals surface area contributed by atoms with E-state index < -0.39 is 30.4 Å². The van der Waals surface area contributed by atoms with E-state index in [0.717, 1.165) is 41.0 Å². The first-order valence-electron chi connectivity index (χ1n) is 12.6. The zero-order valence-corrected chi connectivity index (χ0v) is 20.0. The molecule has 7 nitrogen and oxygen atoms in total. The van der Waals surface area contributed by atoms with Gasteiger partial charge in [-0.05, 0) is 41.0 Å². The number of ether oxygens (including phenoxy) is 1. The Kier molecular flexibility index (Phi) is 8.40. The summed E-state index contributed by atoms with van der Waals surface area (Å²) in [7, 11) is 0. The number of carbonyl (C=O) groups excluding carboxylic acids is 2. The molecule has 1 fully saturated rings. The molecule has 1 unspecified atom stereocenters. The summed E-state index contributed by atoms with van der Waals surface area (Å²) in [5.41, 5.74) is 4.40. The Balaban J connectivity index is 1.29. The number of rotatable bonds is 10. The number of carboxylic acid groups (broad SMARTS) is 1. The predicted molar refractivity (Wildman–Crippen MR) is 133 cm³/mol. The van der Waals surface area contributed by atoms with Crippen LogP contribution in [0.2, 0.25) is 0 Å². The quantitative estimate of drug-likeness (QED) is 0.424. The van der Waals surface area contributed by atoms with E-state index in [1.54, 1.807) is 0 Å². The van der Waals surface area contributed by atoms with E-state index in [4.69, 9.17) is 4.74 Å². The van der Waals surface area contributed by atoms with Crippen LogP contribution in [0.3, 0.4) is 0 Å². The Morgan fingerprint density at radius 3 is 2.20 bits per heavy atom. The Bertz CT molecular complexity index is 1000. The highest BCUT2D eigenvalue weighted by molar-refractivity contribution is 5.89. The molecule has 3 N–H and O–H groups in total. The SMILES string of the molecule is O=C(O)CC(NC(=O)OCC1c2ccccc2-c2ccccc21)C(=O)NCCCC1CCCCC1. The Hall–Kier alpha value is -3.35. The number of alkyl carbamates (subject to hydrolysis) is 1. The number of hydrogen-bond donors (Lipinski definition) is 3. The Morgan fingerprint density at radius 1 is 0.943 bits per heavy atom. The highest BCUT2D eigenvalue weighted by atomic mass is 16.5. The lowest BCUT2D eigenvalue weighted by molar-refractivity contribution is -0.139. The third-order valence-electron chi connectivity index (χ3n) is 7.14. The van der Waals surface area contributed by atoms with Gasteiger partial charge in [0.25, 0.3) is 0 Å². The normalized spacial score (nSPS) is 16.1. The molecule has 2 aliphatic carbocycles. The fourth-order valence-corrected chi connectivity index (χ4v) is 5.37. The number of aliphatic carboxylic acids is 1. The lowest BCUT2D eigenvalue weighted by atomic mass is 9.86. The van der Waals surface area contributed by atoms with E-state index in [9.17, 15) is 19.5 Å². The zero-order valence-electron chi connectivity index (χ0n) is 20.0. The first-order valence-corrected chi connectivity index (χ1v) is 12.6. The highest BCUT2D eigenvalue weighted by Crippen LogP contribution is 2.44. The van der Waals surface area contributed by atoms with Crippen LogP contribution < -0.4 is 10.6 Å². The molecule has 1 atom stereocenters. The maximum Gasteiger partial charge on any atom is 0.407 e. The average Bonchev–Trinajstić information content (AvgIpc) is 3.19. The van der Waals surface area contributed by atoms with Crippen molar-refractivity contribution in [1.82, 2.24) is 10.6 Å². The van der Waals surface area contributed by atoms with Gasteiger partial charge in [0.2, 0.25) is 5.91 Å². The van der Waals surface area contributed by atoms with Gasteiger partial charge in [0.05, 0.1) is 6.42 Å². The van der Waals surface area contributed by atoms with Gasteiger partial charge in [-0.15, -0.1) is 0 Å². The van der Waals surface area contributed by atoms with Gasteiger partial charge in [-0.3, -0.25) is 9.59 Å². The predicted octanol–water partition coefficient (Wildman–Crippen LogP) is 4.85. The van der Waals surface area contributed by atoms with E-state index in [1.807, 2.05) is 36.4 Å². The van der Waals surface area contributed by atoms with Crippen LogP contribution >= 0.6 is 0 Å². The molecule has 4 rings (SSSR count). The largest absolute Gasteiger partial charge is 0.481 e. The topological polar surface area (TPSA) is 105 Å². The summed E-state index contributed by atoms with van der Waals surface area (Å²) in [6.07, 6.45) is 6.98. The van der Waals surface area contributed by atoms with Gasteiger partial charge in [-0.2, -0.15) is 0 Å². The monoisotopic (exact) mass is 478 g/mol. The number of benzene rings is 2. The number of carbonyl (C=O) groups is 3. The van der Waals surface area contributed by atoms with Gasteiger partial charge in [-0.25, -0.2) is 4.79 Å². The van der Waals surface area contributed by atoms with E-state index in [2.05, 4.69) is 22.8 Å². The van der Waals surface area contributed by atoms with Crippen LogP contribution in [0.5, 0.6) is 0 Å². The standard InChI is InChI=1S/C28H34N2O5/c31-26(32)17-25(27(33)29-16-8-11-19-9-2-1-3-10-19)30-28(34)35-18-24-22-14-6-4-12-20(22)21-13-5-7-15-23(21)24/h4-7,12-15,19,24-25H,1-3,8-11,16-18H2,(H,29,33)(H,30,34)(H,31,32). The molecule has 0 aromatic heterocycles. The number of fused-ring (bicyclic) bond motifs is 3. The molecule has 186 valence electrons. The molecule has 7 heteroatoms. The maximum absolute atomic E-state index is 12.6. The number of amides is 2. The molecular weight excluding hydrogens is 444 g/mol. The summed E-state index contributed by atoms with van der Waals surface area (Å²) in [6, 6.07) is 14.8. The van der Waals surface area contributed by atoms with Crippen molar-refractivity contribution in [2.75, 3.05) is 13.2 Å². The molecule has 0 bridgehead atoms. The Labute approximate surface area is 206 Å². The molecule has 2 amide bonds. The second kappa shape index (κ2) is 11.9. The Morgan fingerprint density at radius 2 is 1.57 bits per heavy atom. The number of hydrogen-bond acceptors (Lipinski definition) is 4. The molecule has 0 heterocycles. The van der Waals surface area contributed by atoms with E-state index in [1.165, 1.54) is 32.1 Å². The van der Waals surface area contributed by atoms with Gasteiger partial charge in [0.15, 0.2) is 0 Å². The highest BCUT2D eigenvalue weighted by Gasteiger charge is 2.30. The van der Waals surface area contributed by atoms with Crippen LogP contribution in [0.1, 0.15) is 68.4 Å². The van der Waals surface area contributed by atoms with Crippen molar-refractivity contribution in [3.05, 3.63) is 59.7 Å². The van der Waals surface area contributed by atoms with Crippen molar-refractivity contribution in [2.45, 2.75) is 63.3 Å². The fourth-order valence-electron chi connectivity index (χ4n) is 5.37. The van der Waals surface area contributed by atoms with E-state index >= 15 is 0 Å². The molecule has 0 saturated heterocycles. The summed E-state index contributed by atoms with van der Waals surface area (Å²) >= 11 is 0. The van der Waals surface area contributed by atoms with Gasteiger partial charge >= 0.3 is 12.1 Å². The summed E-state index contributed by atoms with van der Waals surface area (Å²) in [5, 5.41) is 14.5. The summed E-state index contributed by atoms with van der Waals surface area (Å²) in [4.78, 5) is 36.5. The smallest absolute Gasteiger partial charge is 0.407 e. The van der Waals surface area contributed by atoms with Crippen LogP contribution in [-0.4, -0.2) is 42.3 Å². The van der Waals surface area contributed by atoms with Crippen LogP contribution in [0, 0.1) is 5.92 Å². The second-order valence-corrected chi connectivity index (χ2v) is 9.56. The van der Waals surface area contributed by atoms with Gasteiger partial charge in [0.1, 0.15) is 12.6 Å². The van der Waals surface area contributed by atoms with Crippen molar-refractivity contribution in [2.24, 2.45) is 5.92 Å². The van der Waals surface area contributed by atoms with E-state index in [0.29, 0.717) is 6.54 Å². The first-order chi connectivity index (χ1) is 17.0. The molecule has 2 aromatic carbocycles. The van der Waals surface area contributed by atoms with Crippen molar-refractivity contribution in [3.8, 4) is 11.1 Å². The third kappa shape index (κ3) is 6.41. The number of nitrogens with one attached hydrogen (secondary N) is 2. The molecule has 0 spiro atoms. The summed E-state index contributed by atoms with van der Waals surface area (Å²) < 4.78 is 5.48. The van der Waals surface area contributed by atoms with Crippen LogP contribution in [-0.2, 0) is 14.3 Å². The molecule has 35 heavy (non-hydrogen) atoms. The van der Waals surface area contributed by atoms with Crippen LogP contribution in [0.4, 0.5) is 4.79 Å². The van der Waals surface area contributed by atoms with Gasteiger partial charge < -0.3 is 20.5 Å². The minimum Gasteiger partial charge on any atom is -0.481 e. The van der Waals surface area contributed by atoms with Crippen LogP contribution in [0.15, 0.2) is 48.5 Å². The molecule has 0 radical (unpaired) electrons.